The summed E-state index contributed by atoms with van der Waals surface area (Å²) in [7, 11) is 0. The van der Waals surface area contributed by atoms with Gasteiger partial charge in [0.2, 0.25) is 0 Å². The first-order valence-electron chi connectivity index (χ1n) is 9.47. The van der Waals surface area contributed by atoms with Crippen LogP contribution in [0.5, 0.6) is 11.5 Å². The molecule has 0 aliphatic carbocycles. The summed E-state index contributed by atoms with van der Waals surface area (Å²) in [5, 5.41) is 7.62. The van der Waals surface area contributed by atoms with Gasteiger partial charge in [-0.15, -0.1) is 0 Å². The van der Waals surface area contributed by atoms with Crippen LogP contribution in [-0.2, 0) is 5.54 Å². The molecule has 146 valence electrons. The van der Waals surface area contributed by atoms with E-state index in [0.717, 1.165) is 22.8 Å². The fourth-order valence-electron chi connectivity index (χ4n) is 3.14. The molecule has 2 heterocycles. The zero-order chi connectivity index (χ0) is 19.8. The van der Waals surface area contributed by atoms with E-state index in [2.05, 4.69) is 45.0 Å². The van der Waals surface area contributed by atoms with Gasteiger partial charge < -0.3 is 14.8 Å². The third kappa shape index (κ3) is 4.10. The Bertz CT molecular complexity index is 834. The van der Waals surface area contributed by atoms with Crippen LogP contribution in [0.1, 0.15) is 75.2 Å². The molecule has 0 radical (unpaired) electrons. The van der Waals surface area contributed by atoms with Crippen LogP contribution in [0.25, 0.3) is 0 Å². The number of hydrogen-bond donors (Lipinski definition) is 1. The van der Waals surface area contributed by atoms with Crippen molar-refractivity contribution in [3.8, 4) is 11.5 Å². The Morgan fingerprint density at radius 3 is 2.37 bits per heavy atom. The predicted octanol–water partition coefficient (Wildman–Crippen LogP) is 4.02. The number of benzene rings is 1. The SMILES string of the molecule is CC(C)c1cc(C(=O)NC(C)c2ccc3c(c2)OCCO3)nn1C(C)(C)C. The maximum atomic E-state index is 12.8. The lowest BCUT2D eigenvalue weighted by molar-refractivity contribution is 0.0933. The Labute approximate surface area is 160 Å². The van der Waals surface area contributed by atoms with E-state index in [1.54, 1.807) is 0 Å². The number of carbonyl (C=O) groups is 1. The van der Waals surface area contributed by atoms with Gasteiger partial charge in [0.05, 0.1) is 11.6 Å². The van der Waals surface area contributed by atoms with Crippen LogP contribution in [-0.4, -0.2) is 28.9 Å². The van der Waals surface area contributed by atoms with Crippen LogP contribution in [0, 0.1) is 0 Å². The van der Waals surface area contributed by atoms with Crippen LogP contribution in [0.3, 0.4) is 0 Å². The second kappa shape index (κ2) is 7.25. The highest BCUT2D eigenvalue weighted by molar-refractivity contribution is 5.92. The van der Waals surface area contributed by atoms with Gasteiger partial charge in [-0.2, -0.15) is 5.10 Å². The van der Waals surface area contributed by atoms with Crippen LogP contribution in [0.4, 0.5) is 0 Å². The summed E-state index contributed by atoms with van der Waals surface area (Å²) in [6.45, 7) is 13.5. The molecule has 0 fully saturated rings. The van der Waals surface area contributed by atoms with Gasteiger partial charge in [0.1, 0.15) is 18.9 Å². The summed E-state index contributed by atoms with van der Waals surface area (Å²) in [5.74, 6) is 1.57. The number of amides is 1. The number of rotatable bonds is 4. The van der Waals surface area contributed by atoms with Crippen molar-refractivity contribution in [3.05, 3.63) is 41.2 Å². The van der Waals surface area contributed by atoms with E-state index in [0.29, 0.717) is 18.9 Å². The Kier molecular flexibility index (Phi) is 5.18. The number of aromatic nitrogens is 2. The predicted molar refractivity (Wildman–Crippen MR) is 105 cm³/mol. The first kappa shape index (κ1) is 19.3. The molecule has 6 heteroatoms. The number of ether oxygens (including phenoxy) is 2. The normalized spacial score (nSPS) is 14.9. The van der Waals surface area contributed by atoms with Crippen molar-refractivity contribution in [3.63, 3.8) is 0 Å². The molecule has 0 saturated heterocycles. The minimum atomic E-state index is -0.181. The molecule has 27 heavy (non-hydrogen) atoms. The van der Waals surface area contributed by atoms with Crippen molar-refractivity contribution in [2.45, 2.75) is 59.0 Å². The standard InChI is InChI=1S/C21H29N3O3/c1-13(2)17-12-16(23-24(17)21(4,5)6)20(25)22-14(3)15-7-8-18-19(11-15)27-10-9-26-18/h7-8,11-14H,9-10H2,1-6H3,(H,22,25). The van der Waals surface area contributed by atoms with Gasteiger partial charge in [0.15, 0.2) is 11.5 Å². The molecule has 2 aromatic rings. The highest BCUT2D eigenvalue weighted by Gasteiger charge is 2.24. The van der Waals surface area contributed by atoms with Crippen molar-refractivity contribution in [2.24, 2.45) is 0 Å². The molecular formula is C21H29N3O3. The maximum absolute atomic E-state index is 12.8. The van der Waals surface area contributed by atoms with E-state index >= 15 is 0 Å². The van der Waals surface area contributed by atoms with Crippen molar-refractivity contribution < 1.29 is 14.3 Å². The van der Waals surface area contributed by atoms with E-state index in [1.165, 1.54) is 0 Å². The third-order valence-corrected chi connectivity index (χ3v) is 4.61. The molecule has 1 N–H and O–H groups in total. The molecule has 1 amide bonds. The number of nitrogens with one attached hydrogen (secondary N) is 1. The molecule has 1 aromatic heterocycles. The fourth-order valence-corrected chi connectivity index (χ4v) is 3.14. The van der Waals surface area contributed by atoms with Gasteiger partial charge in [-0.25, -0.2) is 0 Å². The Balaban J connectivity index is 1.79. The lowest BCUT2D eigenvalue weighted by Gasteiger charge is -2.23. The second-order valence-corrected chi connectivity index (χ2v) is 8.29. The smallest absolute Gasteiger partial charge is 0.272 e. The number of nitrogens with zero attached hydrogens (tertiary/aromatic N) is 2. The molecule has 1 atom stereocenters. The minimum absolute atomic E-state index is 0.171. The summed E-state index contributed by atoms with van der Waals surface area (Å²) in [5.41, 5.74) is 2.28. The van der Waals surface area contributed by atoms with Gasteiger partial charge in [0.25, 0.3) is 5.91 Å². The van der Waals surface area contributed by atoms with Crippen molar-refractivity contribution >= 4 is 5.91 Å². The molecule has 0 bridgehead atoms. The van der Waals surface area contributed by atoms with E-state index < -0.39 is 0 Å². The quantitative estimate of drug-likeness (QED) is 0.881. The van der Waals surface area contributed by atoms with E-state index in [4.69, 9.17) is 9.47 Å². The first-order chi connectivity index (χ1) is 12.7. The lowest BCUT2D eigenvalue weighted by atomic mass is 10.1. The van der Waals surface area contributed by atoms with E-state index in [-0.39, 0.29) is 23.4 Å². The van der Waals surface area contributed by atoms with E-state index in [9.17, 15) is 4.79 Å². The van der Waals surface area contributed by atoms with Gasteiger partial charge in [0, 0.05) is 5.69 Å². The Morgan fingerprint density at radius 2 is 1.78 bits per heavy atom. The van der Waals surface area contributed by atoms with Crippen LogP contribution in [0.15, 0.2) is 24.3 Å². The fraction of sp³-hybridized carbons (Fsp3) is 0.524. The molecule has 1 aromatic carbocycles. The largest absolute Gasteiger partial charge is 0.486 e. The molecule has 1 unspecified atom stereocenters. The number of fused-ring (bicyclic) bond motifs is 1. The summed E-state index contributed by atoms with van der Waals surface area (Å²) in [4.78, 5) is 12.8. The highest BCUT2D eigenvalue weighted by Crippen LogP contribution is 2.32. The average molecular weight is 371 g/mol. The van der Waals surface area contributed by atoms with Gasteiger partial charge >= 0.3 is 0 Å². The minimum Gasteiger partial charge on any atom is -0.486 e. The summed E-state index contributed by atoms with van der Waals surface area (Å²) in [6, 6.07) is 7.48. The third-order valence-electron chi connectivity index (χ3n) is 4.61. The number of carbonyl (C=O) groups excluding carboxylic acids is 1. The molecule has 0 spiro atoms. The van der Waals surface area contributed by atoms with E-state index in [1.807, 2.05) is 35.9 Å². The zero-order valence-corrected chi connectivity index (χ0v) is 17.0. The summed E-state index contributed by atoms with van der Waals surface area (Å²) >= 11 is 0. The molecule has 1 aliphatic heterocycles. The van der Waals surface area contributed by atoms with Gasteiger partial charge in [-0.3, -0.25) is 9.48 Å². The van der Waals surface area contributed by atoms with Gasteiger partial charge in [-0.1, -0.05) is 19.9 Å². The molecule has 6 nitrogen and oxygen atoms in total. The highest BCUT2D eigenvalue weighted by atomic mass is 16.6. The van der Waals surface area contributed by atoms with Crippen molar-refractivity contribution in [2.75, 3.05) is 13.2 Å². The molecule has 0 saturated carbocycles. The average Bonchev–Trinajstić information content (AvgIpc) is 3.07. The van der Waals surface area contributed by atoms with Crippen LogP contribution >= 0.6 is 0 Å². The maximum Gasteiger partial charge on any atom is 0.272 e. The summed E-state index contributed by atoms with van der Waals surface area (Å²) in [6.07, 6.45) is 0. The zero-order valence-electron chi connectivity index (χ0n) is 17.0. The molecular weight excluding hydrogens is 342 g/mol. The van der Waals surface area contributed by atoms with Crippen molar-refractivity contribution in [1.29, 1.82) is 0 Å². The lowest BCUT2D eigenvalue weighted by Crippen LogP contribution is -2.29. The molecule has 1 aliphatic rings. The number of hydrogen-bond acceptors (Lipinski definition) is 4. The van der Waals surface area contributed by atoms with Crippen LogP contribution in [0.2, 0.25) is 0 Å². The summed E-state index contributed by atoms with van der Waals surface area (Å²) < 4.78 is 13.1. The Morgan fingerprint density at radius 1 is 1.11 bits per heavy atom. The monoisotopic (exact) mass is 371 g/mol. The second-order valence-electron chi connectivity index (χ2n) is 8.29. The molecule has 3 rings (SSSR count). The van der Waals surface area contributed by atoms with Crippen molar-refractivity contribution in [1.82, 2.24) is 15.1 Å². The topological polar surface area (TPSA) is 65.4 Å². The van der Waals surface area contributed by atoms with Gasteiger partial charge in [-0.05, 0) is 57.4 Å². The van der Waals surface area contributed by atoms with Crippen LogP contribution < -0.4 is 14.8 Å². The first-order valence-corrected chi connectivity index (χ1v) is 9.47. The Hall–Kier alpha value is -2.50.